The Morgan fingerprint density at radius 3 is 2.22 bits per heavy atom. The van der Waals surface area contributed by atoms with Crippen LogP contribution in [-0.2, 0) is 36.9 Å². The van der Waals surface area contributed by atoms with E-state index >= 15 is 4.48 Å². The minimum atomic E-state index is -0.556. The van der Waals surface area contributed by atoms with Crippen LogP contribution in [0.3, 0.4) is 0 Å². The second kappa shape index (κ2) is 29.6. The summed E-state index contributed by atoms with van der Waals surface area (Å²) in [6.45, 7) is 7.96. The molecule has 0 bridgehead atoms. The number of benzene rings is 3. The van der Waals surface area contributed by atoms with Gasteiger partial charge in [0.1, 0.15) is 17.9 Å². The molecular formula is C49H66FN7O7. The number of amidine groups is 1. The van der Waals surface area contributed by atoms with Gasteiger partial charge >= 0.3 is 0 Å². The van der Waals surface area contributed by atoms with Gasteiger partial charge in [-0.25, -0.2) is 10.1 Å². The Morgan fingerprint density at radius 2 is 1.48 bits per heavy atom. The van der Waals surface area contributed by atoms with Crippen molar-refractivity contribution in [2.24, 2.45) is 10.7 Å². The Hall–Kier alpha value is -5.74. The average Bonchev–Trinajstić information content (AvgIpc) is 3.31. The number of aliphatic imine (C=N–C) groups is 1. The first-order chi connectivity index (χ1) is 31.2. The number of aldehydes is 1. The highest BCUT2D eigenvalue weighted by molar-refractivity contribution is 5.98. The highest BCUT2D eigenvalue weighted by Crippen LogP contribution is 2.30. The molecule has 346 valence electrons. The zero-order chi connectivity index (χ0) is 45.8. The smallest absolute Gasteiger partial charge is 0.234 e. The van der Waals surface area contributed by atoms with Gasteiger partial charge in [-0.05, 0) is 92.6 Å². The molecule has 0 aliphatic heterocycles. The summed E-state index contributed by atoms with van der Waals surface area (Å²) in [5, 5.41) is 5.25. The fourth-order valence-corrected chi connectivity index (χ4v) is 6.60. The van der Waals surface area contributed by atoms with E-state index < -0.39 is 6.04 Å². The van der Waals surface area contributed by atoms with Crippen LogP contribution in [0, 0.1) is 0 Å². The van der Waals surface area contributed by atoms with Crippen LogP contribution in [0.5, 0.6) is 5.75 Å². The van der Waals surface area contributed by atoms with Crippen LogP contribution in [0.4, 0.5) is 15.9 Å². The number of nitrogens with zero attached hydrogens (tertiary/aromatic N) is 4. The van der Waals surface area contributed by atoms with Crippen LogP contribution < -0.4 is 26.3 Å². The van der Waals surface area contributed by atoms with E-state index in [-0.39, 0.29) is 24.8 Å². The van der Waals surface area contributed by atoms with E-state index in [0.717, 1.165) is 61.1 Å². The topological polar surface area (TPSA) is 170 Å². The fraction of sp³-hybridized carbons (Fsp3) is 0.449. The van der Waals surface area contributed by atoms with Crippen LogP contribution in [0.25, 0.3) is 0 Å². The predicted octanol–water partition coefficient (Wildman–Crippen LogP) is 8.31. The molecule has 3 aromatic carbocycles. The third-order valence-electron chi connectivity index (χ3n) is 10.2. The third-order valence-corrected chi connectivity index (χ3v) is 10.2. The molecule has 1 heterocycles. The number of pyridine rings is 1. The van der Waals surface area contributed by atoms with Gasteiger partial charge in [-0.15, -0.1) is 0 Å². The molecule has 4 N–H and O–H groups in total. The van der Waals surface area contributed by atoms with E-state index in [9.17, 15) is 14.4 Å². The minimum absolute atomic E-state index is 0.0906. The van der Waals surface area contributed by atoms with Crippen LogP contribution >= 0.6 is 0 Å². The van der Waals surface area contributed by atoms with Crippen molar-refractivity contribution >= 4 is 35.3 Å². The van der Waals surface area contributed by atoms with Crippen molar-refractivity contribution in [1.82, 2.24) is 15.4 Å². The van der Waals surface area contributed by atoms with Gasteiger partial charge in [-0.2, -0.15) is 0 Å². The van der Waals surface area contributed by atoms with E-state index in [1.54, 1.807) is 67.8 Å². The van der Waals surface area contributed by atoms with Gasteiger partial charge in [-0.3, -0.25) is 29.8 Å². The lowest BCUT2D eigenvalue weighted by atomic mass is 10.1. The van der Waals surface area contributed by atoms with Crippen molar-refractivity contribution in [3.63, 3.8) is 0 Å². The lowest BCUT2D eigenvalue weighted by Gasteiger charge is -2.23. The molecule has 1 aromatic heterocycles. The maximum atomic E-state index is 15.7. The maximum Gasteiger partial charge on any atom is 0.234 e. The molecule has 64 heavy (non-hydrogen) atoms. The zero-order valence-corrected chi connectivity index (χ0v) is 37.6. The number of unbranched alkanes of at least 4 members (excludes halogenated alkanes) is 4. The maximum absolute atomic E-state index is 15.7. The van der Waals surface area contributed by atoms with Crippen molar-refractivity contribution in [2.45, 2.75) is 90.8 Å². The SMILES string of the molecule is CCCCC(=O)NN(C)Cc1c(C=O)cccc1NC(=O)CCCOCCOCCOCCCCCCOc1cccc([C@@H](C)N(F)c2cccc(C(N)=NCc3ccncc3)c2)c1. The number of amides is 2. The Morgan fingerprint density at radius 1 is 0.812 bits per heavy atom. The number of halogens is 1. The molecular weight excluding hydrogens is 818 g/mol. The van der Waals surface area contributed by atoms with Crippen molar-refractivity contribution in [1.29, 1.82) is 0 Å². The van der Waals surface area contributed by atoms with E-state index in [0.29, 0.717) is 105 Å². The number of hydrazine groups is 1. The number of aromatic nitrogens is 1. The lowest BCUT2D eigenvalue weighted by molar-refractivity contribution is -0.125. The second-order valence-corrected chi connectivity index (χ2v) is 15.4. The van der Waals surface area contributed by atoms with E-state index in [2.05, 4.69) is 20.7 Å². The van der Waals surface area contributed by atoms with Gasteiger partial charge in [0.05, 0.1) is 51.3 Å². The number of hydrogen-bond acceptors (Lipinski definition) is 11. The van der Waals surface area contributed by atoms with E-state index in [4.69, 9.17) is 24.7 Å². The quantitative estimate of drug-likeness (QED) is 0.0108. The number of hydrogen-bond donors (Lipinski definition) is 3. The molecule has 4 rings (SSSR count). The molecule has 15 heteroatoms. The Balaban J connectivity index is 0.994. The predicted molar refractivity (Wildman–Crippen MR) is 249 cm³/mol. The molecule has 1 atom stereocenters. The van der Waals surface area contributed by atoms with Gasteiger partial charge < -0.3 is 30.0 Å². The largest absolute Gasteiger partial charge is 0.494 e. The van der Waals surface area contributed by atoms with Gasteiger partial charge in [0, 0.05) is 74.4 Å². The first-order valence-corrected chi connectivity index (χ1v) is 22.3. The molecule has 14 nitrogen and oxygen atoms in total. The number of carbonyl (C=O) groups excluding carboxylic acids is 3. The van der Waals surface area contributed by atoms with E-state index in [1.165, 1.54) is 0 Å². The van der Waals surface area contributed by atoms with Crippen molar-refractivity contribution in [3.8, 4) is 5.75 Å². The number of ether oxygens (including phenoxy) is 4. The highest BCUT2D eigenvalue weighted by atomic mass is 19.2. The number of rotatable bonds is 32. The number of nitrogens with two attached hydrogens (primary N) is 1. The second-order valence-electron chi connectivity index (χ2n) is 15.4. The summed E-state index contributed by atoms with van der Waals surface area (Å²) in [7, 11) is 1.73. The summed E-state index contributed by atoms with van der Waals surface area (Å²) in [5.41, 5.74) is 13.5. The van der Waals surface area contributed by atoms with Gasteiger partial charge in [0.15, 0.2) is 0 Å². The van der Waals surface area contributed by atoms with Crippen LogP contribution in [0.2, 0.25) is 0 Å². The average molecular weight is 884 g/mol. The zero-order valence-electron chi connectivity index (χ0n) is 37.6. The molecule has 0 spiro atoms. The molecule has 0 unspecified atom stereocenters. The first-order valence-electron chi connectivity index (χ1n) is 22.3. The number of carbonyl (C=O) groups is 3. The van der Waals surface area contributed by atoms with Crippen molar-refractivity contribution in [2.75, 3.05) is 63.7 Å². The fourth-order valence-electron chi connectivity index (χ4n) is 6.60. The molecule has 4 aromatic rings. The normalized spacial score (nSPS) is 11.9. The summed E-state index contributed by atoms with van der Waals surface area (Å²) in [5.74, 6) is 0.768. The standard InChI is InChI=1S/C49H66FN7O7/c1-4-5-20-48(60)55-56(3)36-45-42(37-58)16-12-19-46(45)54-47(59)21-13-27-62-30-32-63-31-29-61-26-8-6-7-9-28-64-44-18-11-14-40(34-44)38(2)57(50)43-17-10-15-41(33-43)49(51)53-35-39-22-24-52-25-23-39/h10-12,14-19,22-25,33-34,37-38H,4-9,13,20-21,26-32,35-36H2,1-3H3,(H2,51,53)(H,54,59)(H,55,60)/t38-/m1/s1. The first kappa shape index (κ1) is 50.9. The lowest BCUT2D eigenvalue weighted by Crippen LogP contribution is -2.39. The summed E-state index contributed by atoms with van der Waals surface area (Å²) in [6, 6.07) is 22.9. The molecule has 0 aliphatic rings. The summed E-state index contributed by atoms with van der Waals surface area (Å²) >= 11 is 0. The Bertz CT molecular complexity index is 2020. The number of nitrogens with one attached hydrogen (secondary N) is 2. The number of anilines is 2. The van der Waals surface area contributed by atoms with Gasteiger partial charge in [0.25, 0.3) is 0 Å². The summed E-state index contributed by atoms with van der Waals surface area (Å²) < 4.78 is 38.6. The summed E-state index contributed by atoms with van der Waals surface area (Å²) in [4.78, 5) is 45.0. The minimum Gasteiger partial charge on any atom is -0.494 e. The van der Waals surface area contributed by atoms with Crippen molar-refractivity contribution in [3.05, 3.63) is 119 Å². The van der Waals surface area contributed by atoms with Crippen LogP contribution in [0.15, 0.2) is 96.2 Å². The van der Waals surface area contributed by atoms with Gasteiger partial charge in [0.2, 0.25) is 11.8 Å². The Kier molecular flexibility index (Phi) is 23.5. The van der Waals surface area contributed by atoms with Crippen LogP contribution in [0.1, 0.15) is 110 Å². The van der Waals surface area contributed by atoms with Gasteiger partial charge in [-0.1, -0.05) is 60.6 Å². The monoisotopic (exact) mass is 884 g/mol. The molecule has 0 radical (unpaired) electrons. The van der Waals surface area contributed by atoms with Crippen molar-refractivity contribution < 1.29 is 37.8 Å². The molecule has 0 fully saturated rings. The Labute approximate surface area is 377 Å². The summed E-state index contributed by atoms with van der Waals surface area (Å²) in [6.07, 6.45) is 11.0. The van der Waals surface area contributed by atoms with E-state index in [1.807, 2.05) is 49.4 Å². The third kappa shape index (κ3) is 18.9. The molecule has 0 saturated heterocycles. The molecule has 0 aliphatic carbocycles. The molecule has 2 amide bonds. The molecule has 0 saturated carbocycles. The highest BCUT2D eigenvalue weighted by Gasteiger charge is 2.18. The van der Waals surface area contributed by atoms with Crippen LogP contribution in [-0.4, -0.2) is 87.2 Å².